The summed E-state index contributed by atoms with van der Waals surface area (Å²) in [5, 5.41) is 0. The number of amides is 1. The molecule has 1 aliphatic rings. The van der Waals surface area contributed by atoms with E-state index in [0.29, 0.717) is 13.1 Å². The average Bonchev–Trinajstić information content (AvgIpc) is 3.25. The number of para-hydroxylation sites is 1. The van der Waals surface area contributed by atoms with Crippen molar-refractivity contribution in [2.75, 3.05) is 26.0 Å². The minimum atomic E-state index is 0.0381. The number of rotatable bonds is 9. The van der Waals surface area contributed by atoms with Gasteiger partial charge >= 0.3 is 0 Å². The van der Waals surface area contributed by atoms with Crippen molar-refractivity contribution in [2.45, 2.75) is 38.2 Å². The van der Waals surface area contributed by atoms with Crippen LogP contribution in [0, 0.1) is 0 Å². The molecule has 1 saturated heterocycles. The zero-order valence-electron chi connectivity index (χ0n) is 16.7. The Bertz CT molecular complexity index is 757. The predicted octanol–water partition coefficient (Wildman–Crippen LogP) is 4.77. The Morgan fingerprint density at radius 3 is 2.68 bits per heavy atom. The second-order valence-corrected chi connectivity index (χ2v) is 8.24. The summed E-state index contributed by atoms with van der Waals surface area (Å²) in [6.45, 7) is 4.05. The van der Waals surface area contributed by atoms with Gasteiger partial charge in [0.15, 0.2) is 0 Å². The number of carbonyl (C=O) groups is 1. The zero-order valence-corrected chi connectivity index (χ0v) is 17.5. The molecule has 0 aromatic heterocycles. The van der Waals surface area contributed by atoms with Gasteiger partial charge in [-0.05, 0) is 42.4 Å². The average molecular weight is 400 g/mol. The van der Waals surface area contributed by atoms with E-state index in [2.05, 4.69) is 19.1 Å². The second kappa shape index (κ2) is 10.5. The second-order valence-electron chi connectivity index (χ2n) is 6.97. The first-order chi connectivity index (χ1) is 13.7. The van der Waals surface area contributed by atoms with E-state index in [-0.39, 0.29) is 12.0 Å². The molecule has 1 heterocycles. The molecular formula is C23H29NO3S. The number of carbonyl (C=O) groups excluding carboxylic acids is 1. The number of hydrogen-bond acceptors (Lipinski definition) is 4. The molecule has 0 N–H and O–H groups in total. The lowest BCUT2D eigenvalue weighted by molar-refractivity contribution is 0.0505. The first-order valence-electron chi connectivity index (χ1n) is 9.90. The molecule has 5 heteroatoms. The molecule has 0 spiro atoms. The molecule has 0 radical (unpaired) electrons. The van der Waals surface area contributed by atoms with E-state index in [4.69, 9.17) is 9.47 Å². The Hall–Kier alpha value is -1.98. The van der Waals surface area contributed by atoms with Gasteiger partial charge in [0.25, 0.3) is 5.91 Å². The Labute approximate surface area is 172 Å². The third-order valence-corrected chi connectivity index (χ3v) is 5.91. The van der Waals surface area contributed by atoms with Crippen molar-refractivity contribution in [1.29, 1.82) is 0 Å². The molecule has 1 amide bonds. The largest absolute Gasteiger partial charge is 0.496 e. The monoisotopic (exact) mass is 399 g/mol. The van der Waals surface area contributed by atoms with E-state index in [9.17, 15) is 4.79 Å². The normalized spacial score (nSPS) is 16.1. The highest BCUT2D eigenvalue weighted by Crippen LogP contribution is 2.23. The van der Waals surface area contributed by atoms with Crippen molar-refractivity contribution >= 4 is 17.7 Å². The molecular weight excluding hydrogens is 370 g/mol. The Morgan fingerprint density at radius 1 is 1.21 bits per heavy atom. The van der Waals surface area contributed by atoms with Gasteiger partial charge in [-0.2, -0.15) is 11.8 Å². The highest BCUT2D eigenvalue weighted by Gasteiger charge is 2.24. The maximum atomic E-state index is 13.3. The van der Waals surface area contributed by atoms with E-state index < -0.39 is 0 Å². The maximum Gasteiger partial charge on any atom is 0.254 e. The van der Waals surface area contributed by atoms with Gasteiger partial charge in [-0.25, -0.2) is 0 Å². The molecule has 1 fully saturated rings. The molecule has 28 heavy (non-hydrogen) atoms. The van der Waals surface area contributed by atoms with Crippen LogP contribution >= 0.6 is 11.8 Å². The Kier molecular flexibility index (Phi) is 7.80. The minimum absolute atomic E-state index is 0.0381. The van der Waals surface area contributed by atoms with Crippen molar-refractivity contribution in [2.24, 2.45) is 0 Å². The molecule has 2 aromatic carbocycles. The van der Waals surface area contributed by atoms with Crippen molar-refractivity contribution in [3.05, 3.63) is 65.2 Å². The number of benzene rings is 2. The molecule has 0 saturated carbocycles. The summed E-state index contributed by atoms with van der Waals surface area (Å²) in [6, 6.07) is 15.9. The third kappa shape index (κ3) is 5.52. The van der Waals surface area contributed by atoms with E-state index in [0.717, 1.165) is 47.8 Å². The van der Waals surface area contributed by atoms with Crippen molar-refractivity contribution in [3.63, 3.8) is 0 Å². The van der Waals surface area contributed by atoms with Gasteiger partial charge in [0.2, 0.25) is 0 Å². The van der Waals surface area contributed by atoms with Crippen LogP contribution in [0.4, 0.5) is 0 Å². The Balaban J connectivity index is 1.77. The predicted molar refractivity (Wildman–Crippen MR) is 115 cm³/mol. The van der Waals surface area contributed by atoms with Crippen LogP contribution in [0.5, 0.6) is 5.75 Å². The molecule has 150 valence electrons. The minimum Gasteiger partial charge on any atom is -0.496 e. The SMILES string of the molecule is CCSCc1ccc(C(=O)N(Cc2ccccc2OC)CC2CCCO2)cc1. The quantitative estimate of drug-likeness (QED) is 0.609. The fourth-order valence-corrected chi connectivity index (χ4v) is 4.07. The number of hydrogen-bond donors (Lipinski definition) is 0. The van der Waals surface area contributed by atoms with E-state index in [1.165, 1.54) is 5.56 Å². The number of ether oxygens (including phenoxy) is 2. The fourth-order valence-electron chi connectivity index (χ4n) is 3.44. The number of methoxy groups -OCH3 is 1. The van der Waals surface area contributed by atoms with E-state index in [1.54, 1.807) is 7.11 Å². The summed E-state index contributed by atoms with van der Waals surface area (Å²) in [5.41, 5.74) is 2.98. The van der Waals surface area contributed by atoms with Crippen LogP contribution in [-0.4, -0.2) is 42.9 Å². The van der Waals surface area contributed by atoms with Gasteiger partial charge in [-0.15, -0.1) is 0 Å². The van der Waals surface area contributed by atoms with Crippen LogP contribution < -0.4 is 4.74 Å². The lowest BCUT2D eigenvalue weighted by atomic mass is 10.1. The maximum absolute atomic E-state index is 13.3. The van der Waals surface area contributed by atoms with Gasteiger partial charge < -0.3 is 14.4 Å². The molecule has 0 aliphatic carbocycles. The van der Waals surface area contributed by atoms with E-state index >= 15 is 0 Å². The van der Waals surface area contributed by atoms with Crippen molar-refractivity contribution < 1.29 is 14.3 Å². The highest BCUT2D eigenvalue weighted by atomic mass is 32.2. The Morgan fingerprint density at radius 2 is 2.00 bits per heavy atom. The first-order valence-corrected chi connectivity index (χ1v) is 11.1. The number of thioether (sulfide) groups is 1. The summed E-state index contributed by atoms with van der Waals surface area (Å²) in [6.07, 6.45) is 2.17. The number of nitrogens with zero attached hydrogens (tertiary/aromatic N) is 1. The summed E-state index contributed by atoms with van der Waals surface area (Å²) < 4.78 is 11.3. The van der Waals surface area contributed by atoms with Gasteiger partial charge in [-0.3, -0.25) is 4.79 Å². The van der Waals surface area contributed by atoms with Crippen LogP contribution in [0.15, 0.2) is 48.5 Å². The summed E-state index contributed by atoms with van der Waals surface area (Å²) in [5.74, 6) is 2.91. The third-order valence-electron chi connectivity index (χ3n) is 4.96. The van der Waals surface area contributed by atoms with E-state index in [1.807, 2.05) is 53.1 Å². The zero-order chi connectivity index (χ0) is 19.8. The molecule has 1 atom stereocenters. The van der Waals surface area contributed by atoms with Crippen molar-refractivity contribution in [3.8, 4) is 5.75 Å². The van der Waals surface area contributed by atoms with Gasteiger partial charge in [0.1, 0.15) is 5.75 Å². The van der Waals surface area contributed by atoms with Crippen molar-refractivity contribution in [1.82, 2.24) is 4.90 Å². The van der Waals surface area contributed by atoms with Crippen LogP contribution in [0.25, 0.3) is 0 Å². The summed E-state index contributed by atoms with van der Waals surface area (Å²) >= 11 is 1.88. The molecule has 0 bridgehead atoms. The lowest BCUT2D eigenvalue weighted by Crippen LogP contribution is -2.37. The summed E-state index contributed by atoms with van der Waals surface area (Å²) in [4.78, 5) is 15.2. The lowest BCUT2D eigenvalue weighted by Gasteiger charge is -2.26. The molecule has 4 nitrogen and oxygen atoms in total. The van der Waals surface area contributed by atoms with Crippen LogP contribution in [0.2, 0.25) is 0 Å². The fraction of sp³-hybridized carbons (Fsp3) is 0.435. The highest BCUT2D eigenvalue weighted by molar-refractivity contribution is 7.98. The van der Waals surface area contributed by atoms with Crippen LogP contribution in [-0.2, 0) is 17.0 Å². The smallest absolute Gasteiger partial charge is 0.254 e. The van der Waals surface area contributed by atoms with Crippen LogP contribution in [0.3, 0.4) is 0 Å². The van der Waals surface area contributed by atoms with Gasteiger partial charge in [0.05, 0.1) is 13.2 Å². The molecule has 1 aliphatic heterocycles. The summed E-state index contributed by atoms with van der Waals surface area (Å²) in [7, 11) is 1.66. The first kappa shape index (κ1) is 20.7. The topological polar surface area (TPSA) is 38.8 Å². The standard InChI is InChI=1S/C23H29NO3S/c1-3-28-17-18-10-12-19(13-11-18)23(25)24(16-21-8-6-14-27-21)15-20-7-4-5-9-22(20)26-2/h4-5,7,9-13,21H,3,6,8,14-17H2,1-2H3. The van der Waals surface area contributed by atoms with Crippen LogP contribution in [0.1, 0.15) is 41.3 Å². The molecule has 3 rings (SSSR count). The molecule has 1 unspecified atom stereocenters. The van der Waals surface area contributed by atoms with Gasteiger partial charge in [0, 0.05) is 36.6 Å². The molecule has 2 aromatic rings. The van der Waals surface area contributed by atoms with Gasteiger partial charge in [-0.1, -0.05) is 37.3 Å².